The maximum Gasteiger partial charge on any atom is 0.168 e. The van der Waals surface area contributed by atoms with Crippen molar-refractivity contribution < 1.29 is 9.47 Å². The summed E-state index contributed by atoms with van der Waals surface area (Å²) in [5.74, 6) is 1.52. The SMILES string of the molecule is CCOc1cccnc1NCCOCCN. The third-order valence-corrected chi connectivity index (χ3v) is 1.87. The van der Waals surface area contributed by atoms with E-state index in [4.69, 9.17) is 15.2 Å². The number of hydrogen-bond acceptors (Lipinski definition) is 5. The first kappa shape index (κ1) is 12.7. The van der Waals surface area contributed by atoms with Gasteiger partial charge in [-0.3, -0.25) is 0 Å². The van der Waals surface area contributed by atoms with Crippen LogP contribution in [0.2, 0.25) is 0 Å². The average Bonchev–Trinajstić information content (AvgIpc) is 2.31. The van der Waals surface area contributed by atoms with Crippen molar-refractivity contribution in [3.63, 3.8) is 0 Å². The lowest BCUT2D eigenvalue weighted by atomic mass is 10.4. The van der Waals surface area contributed by atoms with Crippen LogP contribution in [0.4, 0.5) is 5.82 Å². The first-order chi connectivity index (χ1) is 7.88. The number of nitrogens with zero attached hydrogens (tertiary/aromatic N) is 1. The second-order valence-electron chi connectivity index (χ2n) is 3.11. The Morgan fingerprint density at radius 3 is 3.06 bits per heavy atom. The molecule has 0 unspecified atom stereocenters. The standard InChI is InChI=1S/C11H19N3O2/c1-2-16-10-4-3-6-13-11(10)14-7-9-15-8-5-12/h3-4,6H,2,5,7-9,12H2,1H3,(H,13,14). The molecule has 0 fully saturated rings. The van der Waals surface area contributed by atoms with Crippen molar-refractivity contribution in [3.05, 3.63) is 18.3 Å². The number of pyridine rings is 1. The van der Waals surface area contributed by atoms with Crippen molar-refractivity contribution in [2.24, 2.45) is 5.73 Å². The third kappa shape index (κ3) is 4.46. The summed E-state index contributed by atoms with van der Waals surface area (Å²) in [5, 5.41) is 3.16. The van der Waals surface area contributed by atoms with Crippen LogP contribution >= 0.6 is 0 Å². The molecule has 0 amide bonds. The van der Waals surface area contributed by atoms with E-state index in [1.807, 2.05) is 19.1 Å². The van der Waals surface area contributed by atoms with Crippen LogP contribution in [0.1, 0.15) is 6.92 Å². The van der Waals surface area contributed by atoms with Gasteiger partial charge in [-0.25, -0.2) is 4.98 Å². The largest absolute Gasteiger partial charge is 0.490 e. The number of anilines is 1. The van der Waals surface area contributed by atoms with Crippen LogP contribution in [-0.4, -0.2) is 37.9 Å². The molecule has 1 rings (SSSR count). The molecule has 90 valence electrons. The fraction of sp³-hybridized carbons (Fsp3) is 0.545. The van der Waals surface area contributed by atoms with Crippen molar-refractivity contribution >= 4 is 5.82 Å². The van der Waals surface area contributed by atoms with Crippen molar-refractivity contribution in [1.82, 2.24) is 4.98 Å². The van der Waals surface area contributed by atoms with Crippen LogP contribution in [0.3, 0.4) is 0 Å². The van der Waals surface area contributed by atoms with Gasteiger partial charge in [0.1, 0.15) is 0 Å². The minimum absolute atomic E-state index is 0.549. The van der Waals surface area contributed by atoms with Crippen LogP contribution in [0.25, 0.3) is 0 Å². The minimum atomic E-state index is 0.549. The topological polar surface area (TPSA) is 69.4 Å². The maximum atomic E-state index is 5.43. The molecule has 0 radical (unpaired) electrons. The van der Waals surface area contributed by atoms with E-state index in [1.54, 1.807) is 6.20 Å². The quantitative estimate of drug-likeness (QED) is 0.642. The van der Waals surface area contributed by atoms with Crippen molar-refractivity contribution in [1.29, 1.82) is 0 Å². The summed E-state index contributed by atoms with van der Waals surface area (Å²) in [5.41, 5.74) is 5.31. The van der Waals surface area contributed by atoms with Gasteiger partial charge < -0.3 is 20.5 Å². The Morgan fingerprint density at radius 2 is 2.31 bits per heavy atom. The van der Waals surface area contributed by atoms with Gasteiger partial charge in [0.15, 0.2) is 11.6 Å². The van der Waals surface area contributed by atoms with E-state index in [-0.39, 0.29) is 0 Å². The normalized spacial score (nSPS) is 10.1. The average molecular weight is 225 g/mol. The molecule has 5 heteroatoms. The van der Waals surface area contributed by atoms with E-state index >= 15 is 0 Å². The Morgan fingerprint density at radius 1 is 1.44 bits per heavy atom. The molecule has 0 aliphatic heterocycles. The molecular formula is C11H19N3O2. The van der Waals surface area contributed by atoms with Gasteiger partial charge in [-0.2, -0.15) is 0 Å². The Bertz CT molecular complexity index is 294. The fourth-order valence-corrected chi connectivity index (χ4v) is 1.22. The molecule has 0 saturated carbocycles. The van der Waals surface area contributed by atoms with Crippen LogP contribution < -0.4 is 15.8 Å². The number of ether oxygens (including phenoxy) is 2. The molecule has 1 aromatic rings. The van der Waals surface area contributed by atoms with Crippen LogP contribution in [0.5, 0.6) is 5.75 Å². The van der Waals surface area contributed by atoms with Crippen molar-refractivity contribution in [2.75, 3.05) is 38.2 Å². The molecule has 5 nitrogen and oxygen atoms in total. The first-order valence-electron chi connectivity index (χ1n) is 5.48. The summed E-state index contributed by atoms with van der Waals surface area (Å²) in [6.07, 6.45) is 1.73. The molecule has 16 heavy (non-hydrogen) atoms. The predicted molar refractivity (Wildman–Crippen MR) is 63.8 cm³/mol. The van der Waals surface area contributed by atoms with Gasteiger partial charge >= 0.3 is 0 Å². The van der Waals surface area contributed by atoms with Gasteiger partial charge in [-0.1, -0.05) is 0 Å². The molecule has 1 aromatic heterocycles. The Kier molecular flexibility index (Phi) is 6.29. The molecule has 0 saturated heterocycles. The maximum absolute atomic E-state index is 5.43. The van der Waals surface area contributed by atoms with E-state index in [9.17, 15) is 0 Å². The zero-order valence-electron chi connectivity index (χ0n) is 9.61. The number of nitrogens with two attached hydrogens (primary N) is 1. The monoisotopic (exact) mass is 225 g/mol. The molecule has 0 aliphatic rings. The molecule has 0 atom stereocenters. The lowest BCUT2D eigenvalue weighted by Gasteiger charge is -2.10. The number of aromatic nitrogens is 1. The second kappa shape index (κ2) is 7.90. The summed E-state index contributed by atoms with van der Waals surface area (Å²) < 4.78 is 10.7. The van der Waals surface area contributed by atoms with Gasteiger partial charge in [-0.15, -0.1) is 0 Å². The number of rotatable bonds is 8. The predicted octanol–water partition coefficient (Wildman–Crippen LogP) is 0.867. The number of hydrogen-bond donors (Lipinski definition) is 2. The highest BCUT2D eigenvalue weighted by Gasteiger charge is 2.02. The van der Waals surface area contributed by atoms with E-state index in [0.29, 0.717) is 32.9 Å². The van der Waals surface area contributed by atoms with Crippen molar-refractivity contribution in [3.8, 4) is 5.75 Å². The summed E-state index contributed by atoms with van der Waals surface area (Å²) in [6.45, 7) is 5.01. The Balaban J connectivity index is 2.34. The summed E-state index contributed by atoms with van der Waals surface area (Å²) in [6, 6.07) is 3.74. The molecular weight excluding hydrogens is 206 g/mol. The smallest absolute Gasteiger partial charge is 0.168 e. The van der Waals surface area contributed by atoms with Gasteiger partial charge in [0, 0.05) is 19.3 Å². The molecule has 0 bridgehead atoms. The van der Waals surface area contributed by atoms with Crippen LogP contribution in [0.15, 0.2) is 18.3 Å². The van der Waals surface area contributed by atoms with E-state index < -0.39 is 0 Å². The van der Waals surface area contributed by atoms with Gasteiger partial charge in [-0.05, 0) is 19.1 Å². The zero-order chi connectivity index (χ0) is 11.6. The first-order valence-corrected chi connectivity index (χ1v) is 5.48. The number of nitrogens with one attached hydrogen (secondary N) is 1. The van der Waals surface area contributed by atoms with E-state index in [2.05, 4.69) is 10.3 Å². The van der Waals surface area contributed by atoms with E-state index in [0.717, 1.165) is 11.6 Å². The van der Waals surface area contributed by atoms with E-state index in [1.165, 1.54) is 0 Å². The zero-order valence-corrected chi connectivity index (χ0v) is 9.61. The van der Waals surface area contributed by atoms with Gasteiger partial charge in [0.05, 0.1) is 19.8 Å². The lowest BCUT2D eigenvalue weighted by Crippen LogP contribution is -2.15. The lowest BCUT2D eigenvalue weighted by molar-refractivity contribution is 0.151. The molecule has 1 heterocycles. The highest BCUT2D eigenvalue weighted by atomic mass is 16.5. The summed E-state index contributed by atoms with van der Waals surface area (Å²) in [4.78, 5) is 4.20. The second-order valence-corrected chi connectivity index (χ2v) is 3.11. The van der Waals surface area contributed by atoms with Gasteiger partial charge in [0.25, 0.3) is 0 Å². The molecule has 0 aromatic carbocycles. The van der Waals surface area contributed by atoms with Crippen LogP contribution in [0, 0.1) is 0 Å². The minimum Gasteiger partial charge on any atom is -0.490 e. The fourth-order valence-electron chi connectivity index (χ4n) is 1.22. The molecule has 0 spiro atoms. The third-order valence-electron chi connectivity index (χ3n) is 1.87. The summed E-state index contributed by atoms with van der Waals surface area (Å²) >= 11 is 0. The highest BCUT2D eigenvalue weighted by molar-refractivity contribution is 5.49. The van der Waals surface area contributed by atoms with Crippen LogP contribution in [-0.2, 0) is 4.74 Å². The molecule has 0 aliphatic carbocycles. The summed E-state index contributed by atoms with van der Waals surface area (Å²) in [7, 11) is 0. The Labute approximate surface area is 96.0 Å². The van der Waals surface area contributed by atoms with Gasteiger partial charge in [0.2, 0.25) is 0 Å². The molecule has 3 N–H and O–H groups in total. The Hall–Kier alpha value is -1.33. The highest BCUT2D eigenvalue weighted by Crippen LogP contribution is 2.20. The van der Waals surface area contributed by atoms with Crippen molar-refractivity contribution in [2.45, 2.75) is 6.92 Å².